The molecule has 0 bridgehead atoms. The van der Waals surface area contributed by atoms with Gasteiger partial charge in [0.1, 0.15) is 43.1 Å². The normalized spacial score (nSPS) is 13.8. The minimum absolute atomic E-state index is 0.0486. The summed E-state index contributed by atoms with van der Waals surface area (Å²) in [5.74, 6) is -0.495. The summed E-state index contributed by atoms with van der Waals surface area (Å²) in [5, 5.41) is 28.0. The van der Waals surface area contributed by atoms with E-state index in [2.05, 4.69) is 112 Å². The molecule has 4 aromatic heterocycles. The van der Waals surface area contributed by atoms with Gasteiger partial charge in [-0.25, -0.2) is 52.1 Å². The van der Waals surface area contributed by atoms with Gasteiger partial charge in [-0.15, -0.1) is 0 Å². The van der Waals surface area contributed by atoms with Crippen LogP contribution >= 0.6 is 59.4 Å². The SMILES string of the molecule is CC(C)(N)CO.CC1(C)COC(c2cccc(Br)c2F)=N1.CC1(C)COC(c2cccc(Br)c2F)=N1.COC(=O)c1cnc(N(Cc2ccccc2)Cc2ccccc2)c2[nH]c(-c3cccc(C4=NC(C)(C)CO4)c3F)cc12.COC(=O)c1cnc(N(Cc2ccccc2)Cc2ccccc2)c2[nH]c(B(O)O)cc12.O=C(Cl)c1cccc(Br)c1F. The summed E-state index contributed by atoms with van der Waals surface area (Å²) in [6.07, 6.45) is 2.99. The van der Waals surface area contributed by atoms with E-state index in [1.165, 1.54) is 38.7 Å². The van der Waals surface area contributed by atoms with Crippen LogP contribution in [0.3, 0.4) is 0 Å². The number of nitrogens with one attached hydrogen (secondary N) is 2. The Morgan fingerprint density at radius 2 is 0.817 bits per heavy atom. The second-order valence-corrected chi connectivity index (χ2v) is 33.3. The highest BCUT2D eigenvalue weighted by atomic mass is 79.9. The summed E-state index contributed by atoms with van der Waals surface area (Å²) in [7, 11) is 0.926. The largest absolute Gasteiger partial charge is 0.505 e. The summed E-state index contributed by atoms with van der Waals surface area (Å²) in [4.78, 5) is 68.8. The molecule has 0 saturated carbocycles. The number of carbonyl (C=O) groups is 3. The van der Waals surface area contributed by atoms with Gasteiger partial charge >= 0.3 is 19.1 Å². The van der Waals surface area contributed by atoms with Gasteiger partial charge in [-0.2, -0.15) is 0 Å². The highest BCUT2D eigenvalue weighted by Crippen LogP contribution is 2.37. The molecule has 0 aliphatic carbocycles. The Bertz CT molecular complexity index is 5520. The van der Waals surface area contributed by atoms with Gasteiger partial charge in [-0.3, -0.25) is 4.79 Å². The number of aliphatic imine (C=N–C) groups is 3. The van der Waals surface area contributed by atoms with Crippen molar-refractivity contribution >= 4 is 140 Å². The van der Waals surface area contributed by atoms with Gasteiger partial charge in [-0.05, 0) is 198 Å². The molecule has 0 saturated heterocycles. The van der Waals surface area contributed by atoms with Gasteiger partial charge in [-0.1, -0.05) is 146 Å². The maximum Gasteiger partial charge on any atom is 0.505 e. The van der Waals surface area contributed by atoms with Gasteiger partial charge in [0.2, 0.25) is 17.7 Å². The van der Waals surface area contributed by atoms with Crippen molar-refractivity contribution in [1.82, 2.24) is 19.9 Å². The number of aliphatic hydroxyl groups is 1. The molecular formula is C90H89BBr3ClF4N10O11. The second-order valence-electron chi connectivity index (χ2n) is 30.4. The minimum atomic E-state index is -1.71. The van der Waals surface area contributed by atoms with E-state index >= 15 is 4.39 Å². The molecular weight excluding hydrogens is 1760 g/mol. The van der Waals surface area contributed by atoms with E-state index in [0.717, 1.165) is 22.3 Å². The molecule has 21 nitrogen and oxygen atoms in total. The highest BCUT2D eigenvalue weighted by molar-refractivity contribution is 9.11. The number of rotatable bonds is 19. The van der Waals surface area contributed by atoms with Crippen LogP contribution in [0.2, 0.25) is 0 Å². The number of fused-ring (bicyclic) bond motifs is 2. The number of aromatic nitrogens is 4. The molecule has 0 fully saturated rings. The number of benzene rings is 8. The Morgan fingerprint density at radius 3 is 1.14 bits per heavy atom. The van der Waals surface area contributed by atoms with Gasteiger partial charge in [0.05, 0.1) is 95.3 Å². The molecule has 0 unspecified atom stereocenters. The molecule has 30 heteroatoms. The van der Waals surface area contributed by atoms with Crippen LogP contribution in [0.1, 0.15) is 125 Å². The molecule has 3 aliphatic heterocycles. The third kappa shape index (κ3) is 24.2. The number of hydrogen-bond donors (Lipinski definition) is 6. The lowest BCUT2D eigenvalue weighted by molar-refractivity contribution is 0.0593. The number of anilines is 2. The van der Waals surface area contributed by atoms with Crippen LogP contribution in [-0.4, -0.2) is 140 Å². The first-order valence-corrected chi connectivity index (χ1v) is 40.4. The van der Waals surface area contributed by atoms with Gasteiger partial charge in [0.25, 0.3) is 5.24 Å². The molecule has 3 aliphatic rings. The van der Waals surface area contributed by atoms with E-state index < -0.39 is 47.0 Å². The van der Waals surface area contributed by atoms with Crippen molar-refractivity contribution in [3.05, 3.63) is 311 Å². The zero-order chi connectivity index (χ0) is 86.8. The monoisotopic (exact) mass is 1840 g/mol. The number of aliphatic hydroxyl groups excluding tert-OH is 1. The number of pyridine rings is 2. The molecule has 0 atom stereocenters. The molecule has 0 radical (unpaired) electrons. The first kappa shape index (κ1) is 91.4. The van der Waals surface area contributed by atoms with E-state index in [4.69, 9.17) is 51.1 Å². The third-order valence-electron chi connectivity index (χ3n) is 18.2. The maximum atomic E-state index is 16.1. The number of H-pyrrole nitrogens is 2. The quantitative estimate of drug-likeness (QED) is 0.0190. The smallest absolute Gasteiger partial charge is 0.475 e. The number of ether oxygens (including phenoxy) is 5. The van der Waals surface area contributed by atoms with Crippen LogP contribution in [0.25, 0.3) is 33.1 Å². The number of carbonyl (C=O) groups excluding carboxylic acids is 3. The number of hydrogen-bond acceptors (Lipinski definition) is 19. The van der Waals surface area contributed by atoms with E-state index in [-0.39, 0.29) is 62.0 Å². The van der Waals surface area contributed by atoms with Crippen LogP contribution in [0.4, 0.5) is 29.2 Å². The van der Waals surface area contributed by atoms with Crippen molar-refractivity contribution in [1.29, 1.82) is 0 Å². The summed E-state index contributed by atoms with van der Waals surface area (Å²) in [6, 6.07) is 63.2. The van der Waals surface area contributed by atoms with E-state index in [1.807, 2.05) is 139 Å². The van der Waals surface area contributed by atoms with Gasteiger partial charge < -0.3 is 64.3 Å². The average Bonchev–Trinajstić information content (AvgIpc) is 1.61. The second kappa shape index (κ2) is 40.9. The zero-order valence-corrected chi connectivity index (χ0v) is 72.9. The summed E-state index contributed by atoms with van der Waals surface area (Å²) in [6.45, 7) is 19.0. The summed E-state index contributed by atoms with van der Waals surface area (Å²) in [5.41, 5.74) is 12.0. The lowest BCUT2D eigenvalue weighted by Gasteiger charge is -2.25. The molecule has 12 aromatic rings. The first-order chi connectivity index (χ1) is 57.1. The first-order valence-electron chi connectivity index (χ1n) is 37.7. The maximum absolute atomic E-state index is 16.1. The third-order valence-corrected chi connectivity index (χ3v) is 20.3. The Balaban J connectivity index is 0.000000168. The fraction of sp³-hybridized carbons (Fsp3) is 0.244. The molecule has 624 valence electrons. The van der Waals surface area contributed by atoms with E-state index in [0.29, 0.717) is 128 Å². The zero-order valence-electron chi connectivity index (χ0n) is 67.4. The van der Waals surface area contributed by atoms with Crippen molar-refractivity contribution in [2.24, 2.45) is 20.7 Å². The van der Waals surface area contributed by atoms with Crippen LogP contribution < -0.4 is 21.1 Å². The number of esters is 2. The lowest BCUT2D eigenvalue weighted by Crippen LogP contribution is -2.35. The molecule has 7 heterocycles. The molecule has 7 N–H and O–H groups in total. The van der Waals surface area contributed by atoms with Crippen molar-refractivity contribution in [2.75, 3.05) is 50.4 Å². The fourth-order valence-electron chi connectivity index (χ4n) is 12.2. The topological polar surface area (TPSA) is 285 Å². The number of methoxy groups -OCH3 is 2. The fourth-order valence-corrected chi connectivity index (χ4v) is 13.5. The predicted octanol–water partition coefficient (Wildman–Crippen LogP) is 18.1. The Morgan fingerprint density at radius 1 is 0.492 bits per heavy atom. The molecule has 0 amide bonds. The highest BCUT2D eigenvalue weighted by Gasteiger charge is 2.33. The van der Waals surface area contributed by atoms with Gasteiger partial charge in [0.15, 0.2) is 11.6 Å². The Labute approximate surface area is 723 Å². The van der Waals surface area contributed by atoms with Crippen molar-refractivity contribution in [3.63, 3.8) is 0 Å². The van der Waals surface area contributed by atoms with E-state index in [9.17, 15) is 37.6 Å². The predicted molar refractivity (Wildman–Crippen MR) is 473 cm³/mol. The molecule has 8 aromatic carbocycles. The molecule has 15 rings (SSSR count). The number of halogens is 8. The van der Waals surface area contributed by atoms with Crippen LogP contribution in [-0.2, 0) is 49.9 Å². The van der Waals surface area contributed by atoms with Crippen LogP contribution in [0.5, 0.6) is 0 Å². The van der Waals surface area contributed by atoms with Crippen molar-refractivity contribution < 1.29 is 70.8 Å². The standard InChI is InChI=1S/C34H31FN4O3.C23H22BN3O4.2C11H11BrFNO.C7H3BrClFO.C4H11NO/c1-34(2)21-42-32(38-34)25-16-10-15-24(29(25)35)28-17-26-27(33(40)41-3)18-36-31(30(26)37-28)39(19-22-11-6-4-7-12-22)20-23-13-8-5-9-14-23;1-31-23(28)19-13-25-22(21-18(19)12-20(26-21)24(29)30)27(14-16-8-4-2-5-9-16)15-17-10-6-3-7-11-17;2*1-11(2)6-15-10(14-11)7-4-3-5-8(12)9(7)13;8-5-3-1-2-4(6(5)10)7(9)11;1-4(2,5)3-6/h4-18,37H,19-21H2,1-3H3;2-13,26,29-30H,14-15H2,1H3;2*3-5H,6H2,1-2H3;1-3H;6H,3,5H2,1-2H3. The minimum Gasteiger partial charge on any atom is -0.475 e. The van der Waals surface area contributed by atoms with Gasteiger partial charge in [0, 0.05) is 71.7 Å². The number of nitrogens with zero attached hydrogens (tertiary/aromatic N) is 7. The Hall–Kier alpha value is -10.9. The molecule has 0 spiro atoms. The number of nitrogens with two attached hydrogens (primary N) is 1. The average molecular weight is 1850 g/mol. The lowest BCUT2D eigenvalue weighted by atomic mass is 9.86. The van der Waals surface area contributed by atoms with Crippen LogP contribution in [0.15, 0.2) is 247 Å². The van der Waals surface area contributed by atoms with Crippen molar-refractivity contribution in [2.45, 2.75) is 104 Å². The Kier molecular flexibility index (Phi) is 31.2. The number of aromatic amines is 2. The summed E-state index contributed by atoms with van der Waals surface area (Å²) < 4.78 is 83.9. The summed E-state index contributed by atoms with van der Waals surface area (Å²) >= 11 is 14.3. The molecule has 120 heavy (non-hydrogen) atoms. The van der Waals surface area contributed by atoms with Crippen molar-refractivity contribution in [3.8, 4) is 11.3 Å². The van der Waals surface area contributed by atoms with Crippen LogP contribution in [0, 0.1) is 23.3 Å². The van der Waals surface area contributed by atoms with E-state index in [1.54, 1.807) is 86.6 Å².